The van der Waals surface area contributed by atoms with Crippen LogP contribution >= 0.6 is 0 Å². The van der Waals surface area contributed by atoms with E-state index >= 15 is 0 Å². The van der Waals surface area contributed by atoms with Crippen molar-refractivity contribution >= 4 is 34.6 Å². The molecule has 1 atom stereocenters. The van der Waals surface area contributed by atoms with Crippen LogP contribution in [0.4, 0.5) is 16.0 Å². The number of hydrogen-bond donors (Lipinski definition) is 1. The van der Waals surface area contributed by atoms with Crippen LogP contribution in [0.5, 0.6) is 5.75 Å². The summed E-state index contributed by atoms with van der Waals surface area (Å²) in [7, 11) is 2.12. The molecular weight excluding hydrogens is 513 g/mol. The number of hydrogen-bond acceptors (Lipinski definition) is 9. The summed E-state index contributed by atoms with van der Waals surface area (Å²) in [6.45, 7) is 8.19. The van der Waals surface area contributed by atoms with E-state index in [1.54, 1.807) is 12.4 Å². The van der Waals surface area contributed by atoms with Gasteiger partial charge in [-0.3, -0.25) is 9.20 Å². The number of nitrogens with zero attached hydrogens (tertiary/aromatic N) is 6. The highest BCUT2D eigenvalue weighted by molar-refractivity contribution is 7.51. The van der Waals surface area contributed by atoms with E-state index in [2.05, 4.69) is 27.1 Å². The van der Waals surface area contributed by atoms with Crippen molar-refractivity contribution in [3.8, 4) is 5.75 Å². The lowest BCUT2D eigenvalue weighted by molar-refractivity contribution is 0.0668. The van der Waals surface area contributed by atoms with Gasteiger partial charge in [-0.25, -0.2) is 14.4 Å². The molecule has 1 aromatic carbocycles. The van der Waals surface area contributed by atoms with Crippen molar-refractivity contribution in [2.75, 3.05) is 50.1 Å². The summed E-state index contributed by atoms with van der Waals surface area (Å²) < 4.78 is 38.7. The molecule has 202 valence electrons. The number of fused-ring (bicyclic) bond motifs is 3. The number of carbonyl (C=O) groups is 1. The van der Waals surface area contributed by atoms with Gasteiger partial charge >= 0.3 is 11.6 Å². The third-order valence-electron chi connectivity index (χ3n) is 7.40. The predicted octanol–water partition coefficient (Wildman–Crippen LogP) is 1.73. The van der Waals surface area contributed by atoms with Gasteiger partial charge in [0.1, 0.15) is 23.4 Å². The summed E-state index contributed by atoms with van der Waals surface area (Å²) in [4.78, 5) is 29.4. The summed E-state index contributed by atoms with van der Waals surface area (Å²) in [5, 5.41) is 3.29. The summed E-state index contributed by atoms with van der Waals surface area (Å²) in [6.07, 6.45) is 4.16. The molecule has 1 amide bonds. The largest absolute Gasteiger partial charge is 0.493 e. The molecule has 6 rings (SSSR count). The number of ether oxygens (including phenoxy) is 1. The average Bonchev–Trinajstić information content (AvgIpc) is 3.54. The van der Waals surface area contributed by atoms with Gasteiger partial charge in [0.15, 0.2) is 5.69 Å². The molecule has 1 N–H and O–H groups in total. The normalized spacial score (nSPS) is 18.8. The van der Waals surface area contributed by atoms with Crippen molar-refractivity contribution in [1.29, 1.82) is 0 Å². The number of piperazine rings is 1. The monoisotopic (exact) mass is 543 g/mol. The molecule has 3 aromatic rings. The van der Waals surface area contributed by atoms with Crippen molar-refractivity contribution in [1.82, 2.24) is 24.2 Å². The molecule has 3 aliphatic rings. The second-order valence-electron chi connectivity index (χ2n) is 9.96. The highest BCUT2D eigenvalue weighted by Crippen LogP contribution is 2.34. The number of aromatic nitrogens is 3. The molecule has 11 nitrogen and oxygen atoms in total. The molecular formula is C25H30FN7O4S. The molecule has 1 fully saturated rings. The van der Waals surface area contributed by atoms with Crippen LogP contribution in [-0.2, 0) is 24.5 Å². The van der Waals surface area contributed by atoms with Gasteiger partial charge in [0.25, 0.3) is 5.91 Å². The lowest BCUT2D eigenvalue weighted by atomic mass is 10.0. The number of carbonyl (C=O) groups excluding carboxylic acids is 1. The first-order valence-electron chi connectivity index (χ1n) is 12.5. The third kappa shape index (κ3) is 4.60. The zero-order valence-corrected chi connectivity index (χ0v) is 22.3. The molecule has 0 aliphatic carbocycles. The van der Waals surface area contributed by atoms with E-state index in [-0.39, 0.29) is 30.4 Å². The highest BCUT2D eigenvalue weighted by atomic mass is 32.1. The molecule has 1 saturated heterocycles. The summed E-state index contributed by atoms with van der Waals surface area (Å²) in [5.74, 6) is 0.925. The quantitative estimate of drug-likeness (QED) is 0.526. The van der Waals surface area contributed by atoms with Gasteiger partial charge in [-0.15, -0.1) is 0 Å². The maximum atomic E-state index is 14.7. The molecule has 5 heterocycles. The van der Waals surface area contributed by atoms with Crippen molar-refractivity contribution in [2.24, 2.45) is 0 Å². The zero-order chi connectivity index (χ0) is 27.0. The minimum Gasteiger partial charge on any atom is -0.493 e. The van der Waals surface area contributed by atoms with Gasteiger partial charge in [-0.2, -0.15) is 8.42 Å². The fourth-order valence-corrected chi connectivity index (χ4v) is 5.55. The maximum absolute atomic E-state index is 14.7. The van der Waals surface area contributed by atoms with Crippen molar-refractivity contribution < 1.29 is 22.3 Å². The van der Waals surface area contributed by atoms with E-state index in [0.29, 0.717) is 36.8 Å². The number of rotatable bonds is 4. The molecule has 13 heteroatoms. The maximum Gasteiger partial charge on any atom is 0.335 e. The van der Waals surface area contributed by atoms with E-state index < -0.39 is 11.6 Å². The number of likely N-dealkylation sites (N-methyl/N-ethyl adjacent to an activating group) is 1. The van der Waals surface area contributed by atoms with Crippen LogP contribution in [0.1, 0.15) is 35.5 Å². The summed E-state index contributed by atoms with van der Waals surface area (Å²) in [5.41, 5.74) is 3.57. The number of anilines is 2. The van der Waals surface area contributed by atoms with Gasteiger partial charge in [-0.05, 0) is 33.0 Å². The van der Waals surface area contributed by atoms with E-state index in [9.17, 15) is 9.18 Å². The smallest absolute Gasteiger partial charge is 0.335 e. The fraction of sp³-hybridized carbons (Fsp3) is 0.480. The Morgan fingerprint density at radius 3 is 2.76 bits per heavy atom. The Labute approximate surface area is 223 Å². The van der Waals surface area contributed by atoms with Crippen LogP contribution in [0.3, 0.4) is 0 Å². The molecule has 38 heavy (non-hydrogen) atoms. The van der Waals surface area contributed by atoms with Crippen LogP contribution in [0.25, 0.3) is 5.52 Å². The van der Waals surface area contributed by atoms with Gasteiger partial charge in [0.05, 0.1) is 24.5 Å². The molecule has 3 aliphatic heterocycles. The number of imidazole rings is 1. The van der Waals surface area contributed by atoms with Crippen LogP contribution < -0.4 is 15.0 Å². The van der Waals surface area contributed by atoms with E-state index in [0.717, 1.165) is 42.2 Å². The topological polar surface area (TPSA) is 112 Å². The van der Waals surface area contributed by atoms with Gasteiger partial charge in [0, 0.05) is 56.3 Å². The molecule has 0 unspecified atom stereocenters. The predicted molar refractivity (Wildman–Crippen MR) is 140 cm³/mol. The zero-order valence-electron chi connectivity index (χ0n) is 21.5. The minimum absolute atomic E-state index is 0.0553. The van der Waals surface area contributed by atoms with E-state index in [4.69, 9.17) is 18.1 Å². The molecule has 0 spiro atoms. The fourth-order valence-electron chi connectivity index (χ4n) is 5.55. The van der Waals surface area contributed by atoms with Crippen LogP contribution in [0, 0.1) is 5.82 Å². The first-order chi connectivity index (χ1) is 18.3. The number of halogens is 1. The lowest BCUT2D eigenvalue weighted by Gasteiger charge is -2.45. The van der Waals surface area contributed by atoms with Crippen molar-refractivity contribution in [3.05, 3.63) is 47.3 Å². The summed E-state index contributed by atoms with van der Waals surface area (Å²) in [6, 6.07) is 3.35. The SMILES string of the molecule is CC(C)N1C[C@H]2CN(C)CCN2c2cnc(NCc3c(F)ccc4c3CCO4)n3cnc(c23)C1=O.O=S=O. The molecule has 2 aromatic heterocycles. The Morgan fingerprint density at radius 2 is 2.00 bits per heavy atom. The first kappa shape index (κ1) is 26.0. The van der Waals surface area contributed by atoms with Crippen LogP contribution in [0.15, 0.2) is 24.7 Å². The lowest BCUT2D eigenvalue weighted by Crippen LogP contribution is -2.58. The Hall–Kier alpha value is -3.58. The minimum atomic E-state index is -0.750. The Kier molecular flexibility index (Phi) is 7.30. The second kappa shape index (κ2) is 10.7. The van der Waals surface area contributed by atoms with E-state index in [1.165, 1.54) is 6.07 Å². The van der Waals surface area contributed by atoms with Gasteiger partial charge in [-0.1, -0.05) is 0 Å². The standard InChI is InChI=1S/C25H30FN7O2.O2S/c1-15(2)32-13-16-12-30(3)7-8-31(16)20-11-28-25(33-14-29-22(23(20)33)24(32)34)27-10-18-17-6-9-35-21(17)5-4-19(18)26;1-3-2/h4-5,11,14-16H,6-10,12-13H2,1-3H3,(H,27,28);/t16-;/m1./s1. The number of amides is 1. The molecule has 0 bridgehead atoms. The van der Waals surface area contributed by atoms with Gasteiger partial charge < -0.3 is 24.8 Å². The summed E-state index contributed by atoms with van der Waals surface area (Å²) >= 11 is -0.750. The van der Waals surface area contributed by atoms with Crippen LogP contribution in [0.2, 0.25) is 0 Å². The number of nitrogens with one attached hydrogen (secondary N) is 1. The van der Waals surface area contributed by atoms with Gasteiger partial charge in [0.2, 0.25) is 5.95 Å². The Bertz CT molecular complexity index is 1410. The Morgan fingerprint density at radius 1 is 1.21 bits per heavy atom. The van der Waals surface area contributed by atoms with E-state index in [1.807, 2.05) is 29.3 Å². The third-order valence-corrected chi connectivity index (χ3v) is 7.40. The van der Waals surface area contributed by atoms with Crippen LogP contribution in [-0.4, -0.2) is 90.4 Å². The molecule has 0 saturated carbocycles. The first-order valence-corrected chi connectivity index (χ1v) is 13.2. The average molecular weight is 544 g/mol. The second-order valence-corrected chi connectivity index (χ2v) is 10.1. The highest BCUT2D eigenvalue weighted by Gasteiger charge is 2.36. The van der Waals surface area contributed by atoms with Crippen molar-refractivity contribution in [3.63, 3.8) is 0 Å². The number of benzene rings is 1. The molecule has 0 radical (unpaired) electrons. The van der Waals surface area contributed by atoms with Crippen molar-refractivity contribution in [2.45, 2.75) is 38.9 Å². The Balaban J connectivity index is 0.000000937.